The highest BCUT2D eigenvalue weighted by Gasteiger charge is 2.29. The minimum atomic E-state index is -1.55. The number of nitrogens with zero attached hydrogens (tertiary/aromatic N) is 2. The van der Waals surface area contributed by atoms with E-state index < -0.39 is 17.6 Å². The molecule has 0 aliphatic rings. The highest BCUT2D eigenvalue weighted by molar-refractivity contribution is 6.35. The molecular weight excluding hydrogens is 317 g/mol. The molecule has 21 heavy (non-hydrogen) atoms. The number of amides is 1. The lowest BCUT2D eigenvalue weighted by molar-refractivity contribution is -0.117. The van der Waals surface area contributed by atoms with E-state index in [2.05, 4.69) is 14.7 Å². The Morgan fingerprint density at radius 3 is 2.48 bits per heavy atom. The van der Waals surface area contributed by atoms with Crippen LogP contribution >= 0.6 is 23.2 Å². The molecule has 1 atom stereocenters. The predicted molar refractivity (Wildman–Crippen MR) is 75.0 cm³/mol. The molecule has 1 aromatic carbocycles. The second-order valence-electron chi connectivity index (χ2n) is 3.95. The van der Waals surface area contributed by atoms with Gasteiger partial charge in [0.15, 0.2) is 12.3 Å². The summed E-state index contributed by atoms with van der Waals surface area (Å²) in [7, 11) is 0. The Morgan fingerprint density at radius 1 is 1.29 bits per heavy atom. The maximum absolute atomic E-state index is 12.0. The first kappa shape index (κ1) is 15.0. The van der Waals surface area contributed by atoms with E-state index in [9.17, 15) is 9.59 Å². The fourth-order valence-corrected chi connectivity index (χ4v) is 2.08. The number of halogens is 2. The predicted octanol–water partition coefficient (Wildman–Crippen LogP) is 2.94. The summed E-state index contributed by atoms with van der Waals surface area (Å²) in [5, 5.41) is 12.0. The first-order valence-corrected chi connectivity index (χ1v) is 6.36. The number of benzene rings is 1. The molecule has 2 rings (SSSR count). The molecule has 1 amide bonds. The molecule has 0 aliphatic carbocycles. The topological polar surface area (TPSA) is 96.0 Å². The molecule has 1 N–H and O–H groups in total. The van der Waals surface area contributed by atoms with E-state index in [-0.39, 0.29) is 11.4 Å². The largest absolute Gasteiger partial charge is 0.451 e. The number of Topliss-reactive ketones (excluding diaryl/α,β-unsaturated/α-hetero) is 1. The van der Waals surface area contributed by atoms with Crippen LogP contribution in [0.25, 0.3) is 0 Å². The third kappa shape index (κ3) is 3.60. The first-order valence-electron chi connectivity index (χ1n) is 5.60. The SMILES string of the molecule is N#CC(C(=O)Nc1cc(Cl)cc(Cl)c1)C(=O)c1cocn1. The zero-order valence-corrected chi connectivity index (χ0v) is 11.9. The second-order valence-corrected chi connectivity index (χ2v) is 4.82. The first-order chi connectivity index (χ1) is 10.0. The lowest BCUT2D eigenvalue weighted by atomic mass is 10.0. The van der Waals surface area contributed by atoms with E-state index in [0.29, 0.717) is 10.0 Å². The van der Waals surface area contributed by atoms with Crippen LogP contribution in [-0.4, -0.2) is 16.7 Å². The van der Waals surface area contributed by atoms with Crippen LogP contribution in [0.15, 0.2) is 35.3 Å². The van der Waals surface area contributed by atoms with Crippen LogP contribution in [0.1, 0.15) is 10.5 Å². The van der Waals surface area contributed by atoms with Crippen LogP contribution in [0.4, 0.5) is 5.69 Å². The molecule has 106 valence electrons. The number of nitriles is 1. The van der Waals surface area contributed by atoms with Gasteiger partial charge in [-0.25, -0.2) is 4.98 Å². The van der Waals surface area contributed by atoms with E-state index in [1.807, 2.05) is 0 Å². The molecule has 6 nitrogen and oxygen atoms in total. The average molecular weight is 324 g/mol. The number of aromatic nitrogens is 1. The number of hydrogen-bond donors (Lipinski definition) is 1. The van der Waals surface area contributed by atoms with Gasteiger partial charge >= 0.3 is 0 Å². The van der Waals surface area contributed by atoms with Crippen molar-refractivity contribution >= 4 is 40.6 Å². The summed E-state index contributed by atoms with van der Waals surface area (Å²) in [5.74, 6) is -3.10. The molecule has 1 unspecified atom stereocenters. The van der Waals surface area contributed by atoms with Gasteiger partial charge in [-0.1, -0.05) is 23.2 Å². The summed E-state index contributed by atoms with van der Waals surface area (Å²) in [5.41, 5.74) is 0.187. The number of rotatable bonds is 4. The fraction of sp³-hybridized carbons (Fsp3) is 0.0769. The van der Waals surface area contributed by atoms with Crippen LogP contribution < -0.4 is 5.32 Å². The summed E-state index contributed by atoms with van der Waals surface area (Å²) in [6.07, 6.45) is 2.10. The number of nitrogens with one attached hydrogen (secondary N) is 1. The minimum absolute atomic E-state index is 0.0965. The number of ketones is 1. The van der Waals surface area contributed by atoms with Crippen molar-refractivity contribution < 1.29 is 14.0 Å². The van der Waals surface area contributed by atoms with Crippen molar-refractivity contribution in [2.45, 2.75) is 0 Å². The number of hydrogen-bond acceptors (Lipinski definition) is 5. The zero-order valence-electron chi connectivity index (χ0n) is 10.3. The number of carbonyl (C=O) groups excluding carboxylic acids is 2. The van der Waals surface area contributed by atoms with Crippen LogP contribution in [0.5, 0.6) is 0 Å². The summed E-state index contributed by atoms with van der Waals surface area (Å²) >= 11 is 11.6. The standard InChI is InChI=1S/C13H7Cl2N3O3/c14-7-1-8(15)3-9(2-7)18-13(20)10(4-16)12(19)11-5-21-6-17-11/h1-3,5-6,10H,(H,18,20). The monoisotopic (exact) mass is 323 g/mol. The normalized spacial score (nSPS) is 11.5. The van der Waals surface area contributed by atoms with E-state index in [1.165, 1.54) is 18.2 Å². The lowest BCUT2D eigenvalue weighted by Gasteiger charge is -2.09. The van der Waals surface area contributed by atoms with E-state index in [0.717, 1.165) is 12.7 Å². The number of carbonyl (C=O) groups is 2. The molecule has 0 fully saturated rings. The summed E-state index contributed by atoms with van der Waals surface area (Å²) in [6, 6.07) is 6.01. The quantitative estimate of drug-likeness (QED) is 0.689. The van der Waals surface area contributed by atoms with Crippen molar-refractivity contribution in [3.63, 3.8) is 0 Å². The molecule has 8 heteroatoms. The van der Waals surface area contributed by atoms with Crippen molar-refractivity contribution in [1.82, 2.24) is 4.98 Å². The van der Waals surface area contributed by atoms with Gasteiger partial charge in [0.1, 0.15) is 12.0 Å². The molecule has 0 spiro atoms. The highest BCUT2D eigenvalue weighted by atomic mass is 35.5. The molecule has 0 saturated carbocycles. The van der Waals surface area contributed by atoms with Crippen molar-refractivity contribution in [3.8, 4) is 6.07 Å². The molecule has 0 radical (unpaired) electrons. The van der Waals surface area contributed by atoms with Gasteiger partial charge < -0.3 is 9.73 Å². The van der Waals surface area contributed by atoms with E-state index in [1.54, 1.807) is 6.07 Å². The second kappa shape index (κ2) is 6.39. The Kier molecular flexibility index (Phi) is 4.58. The highest BCUT2D eigenvalue weighted by Crippen LogP contribution is 2.23. The maximum Gasteiger partial charge on any atom is 0.249 e. The van der Waals surface area contributed by atoms with Crippen molar-refractivity contribution in [1.29, 1.82) is 5.26 Å². The summed E-state index contributed by atoms with van der Waals surface area (Å²) < 4.78 is 4.65. The van der Waals surface area contributed by atoms with Gasteiger partial charge in [-0.2, -0.15) is 5.26 Å². The minimum Gasteiger partial charge on any atom is -0.451 e. The van der Waals surface area contributed by atoms with Gasteiger partial charge in [-0.15, -0.1) is 0 Å². The van der Waals surface area contributed by atoms with Gasteiger partial charge in [-0.3, -0.25) is 9.59 Å². The Bertz CT molecular complexity index is 703. The van der Waals surface area contributed by atoms with Gasteiger partial charge in [0.25, 0.3) is 0 Å². The Balaban J connectivity index is 2.18. The van der Waals surface area contributed by atoms with Gasteiger partial charge in [0, 0.05) is 15.7 Å². The van der Waals surface area contributed by atoms with E-state index >= 15 is 0 Å². The zero-order chi connectivity index (χ0) is 15.4. The maximum atomic E-state index is 12.0. The molecular formula is C13H7Cl2N3O3. The lowest BCUT2D eigenvalue weighted by Crippen LogP contribution is -2.28. The van der Waals surface area contributed by atoms with Crippen molar-refractivity contribution in [2.24, 2.45) is 5.92 Å². The molecule has 1 aromatic heterocycles. The molecule has 2 aromatic rings. The third-order valence-corrected chi connectivity index (χ3v) is 2.90. The molecule has 1 heterocycles. The van der Waals surface area contributed by atoms with Gasteiger partial charge in [0.05, 0.1) is 6.07 Å². The Hall–Kier alpha value is -2.36. The molecule has 0 saturated heterocycles. The fourth-order valence-electron chi connectivity index (χ4n) is 1.56. The number of anilines is 1. The number of oxazole rings is 1. The summed E-state index contributed by atoms with van der Waals surface area (Å²) in [4.78, 5) is 27.6. The molecule has 0 bridgehead atoms. The smallest absolute Gasteiger partial charge is 0.249 e. The Morgan fingerprint density at radius 2 is 1.95 bits per heavy atom. The summed E-state index contributed by atoms with van der Waals surface area (Å²) in [6.45, 7) is 0. The van der Waals surface area contributed by atoms with Crippen molar-refractivity contribution in [3.05, 3.63) is 46.6 Å². The van der Waals surface area contributed by atoms with Gasteiger partial charge in [0.2, 0.25) is 11.7 Å². The van der Waals surface area contributed by atoms with Crippen LogP contribution in [0.2, 0.25) is 10.0 Å². The third-order valence-electron chi connectivity index (χ3n) is 2.47. The van der Waals surface area contributed by atoms with Crippen LogP contribution in [-0.2, 0) is 4.79 Å². The molecule has 0 aliphatic heterocycles. The Labute approximate surface area is 129 Å². The van der Waals surface area contributed by atoms with Crippen LogP contribution in [0.3, 0.4) is 0 Å². The average Bonchev–Trinajstić information content (AvgIpc) is 2.91. The van der Waals surface area contributed by atoms with E-state index in [4.69, 9.17) is 28.5 Å². The van der Waals surface area contributed by atoms with Gasteiger partial charge in [-0.05, 0) is 18.2 Å². The van der Waals surface area contributed by atoms with Crippen LogP contribution in [0, 0.1) is 17.2 Å². The van der Waals surface area contributed by atoms with Crippen molar-refractivity contribution in [2.75, 3.05) is 5.32 Å².